The molecule has 0 aliphatic rings. The molecular formula is C24H25N3O4S. The van der Waals surface area contributed by atoms with Gasteiger partial charge in [-0.3, -0.25) is 13.9 Å². The van der Waals surface area contributed by atoms with Gasteiger partial charge < -0.3 is 10.2 Å². The Bertz CT molecular complexity index is 1190. The summed E-state index contributed by atoms with van der Waals surface area (Å²) in [6.45, 7) is 0.284. The van der Waals surface area contributed by atoms with Crippen LogP contribution in [0.15, 0.2) is 83.8 Å². The Balaban J connectivity index is 1.64. The van der Waals surface area contributed by atoms with Gasteiger partial charge in [-0.2, -0.15) is 0 Å². The maximum absolute atomic E-state index is 12.8. The number of carbonyl (C=O) groups excluding carboxylic acids is 2. The van der Waals surface area contributed by atoms with Gasteiger partial charge in [0.25, 0.3) is 21.8 Å². The van der Waals surface area contributed by atoms with Crippen molar-refractivity contribution in [2.45, 2.75) is 11.4 Å². The molecule has 1 N–H and O–H groups in total. The van der Waals surface area contributed by atoms with E-state index in [9.17, 15) is 18.0 Å². The second kappa shape index (κ2) is 9.65. The van der Waals surface area contributed by atoms with Gasteiger partial charge in [0.15, 0.2) is 0 Å². The average Bonchev–Trinajstić information content (AvgIpc) is 2.82. The molecule has 32 heavy (non-hydrogen) atoms. The van der Waals surface area contributed by atoms with Crippen LogP contribution in [0.2, 0.25) is 0 Å². The molecule has 3 aromatic rings. The zero-order valence-electron chi connectivity index (χ0n) is 18.1. The molecular weight excluding hydrogens is 426 g/mol. The van der Waals surface area contributed by atoms with Gasteiger partial charge in [-0.25, -0.2) is 8.42 Å². The second-order valence-corrected chi connectivity index (χ2v) is 9.38. The first-order valence-electron chi connectivity index (χ1n) is 9.93. The highest BCUT2D eigenvalue weighted by atomic mass is 32.2. The molecule has 0 bridgehead atoms. The highest BCUT2D eigenvalue weighted by molar-refractivity contribution is 7.92. The monoisotopic (exact) mass is 451 g/mol. The van der Waals surface area contributed by atoms with E-state index in [-0.39, 0.29) is 23.3 Å². The van der Waals surface area contributed by atoms with Crippen LogP contribution in [-0.2, 0) is 16.6 Å². The van der Waals surface area contributed by atoms with E-state index in [4.69, 9.17) is 0 Å². The molecule has 3 aromatic carbocycles. The molecule has 0 saturated heterocycles. The first-order valence-corrected chi connectivity index (χ1v) is 11.4. The Morgan fingerprint density at radius 3 is 1.91 bits per heavy atom. The number of hydrogen-bond donors (Lipinski definition) is 1. The molecule has 0 atom stereocenters. The maximum atomic E-state index is 12.8. The Kier molecular flexibility index (Phi) is 6.95. The SMILES string of the molecule is CN(C)C(=O)c1ccc(CNC(=O)c2ccc(S(=O)(=O)N(C)c3ccccc3)cc2)cc1. The average molecular weight is 452 g/mol. The van der Waals surface area contributed by atoms with Crippen LogP contribution in [0.3, 0.4) is 0 Å². The van der Waals surface area contributed by atoms with Crippen LogP contribution in [0.5, 0.6) is 0 Å². The fourth-order valence-electron chi connectivity index (χ4n) is 3.02. The molecule has 0 heterocycles. The maximum Gasteiger partial charge on any atom is 0.264 e. The number of carbonyl (C=O) groups is 2. The van der Waals surface area contributed by atoms with Crippen molar-refractivity contribution in [1.82, 2.24) is 10.2 Å². The minimum Gasteiger partial charge on any atom is -0.348 e. The Morgan fingerprint density at radius 2 is 1.34 bits per heavy atom. The molecule has 7 nitrogen and oxygen atoms in total. The first-order chi connectivity index (χ1) is 15.2. The first kappa shape index (κ1) is 23.0. The van der Waals surface area contributed by atoms with E-state index in [1.807, 2.05) is 6.07 Å². The fourth-order valence-corrected chi connectivity index (χ4v) is 4.22. The predicted octanol–water partition coefficient (Wildman–Crippen LogP) is 3.14. The van der Waals surface area contributed by atoms with Gasteiger partial charge in [-0.05, 0) is 54.1 Å². The summed E-state index contributed by atoms with van der Waals surface area (Å²) in [5.74, 6) is -0.410. The lowest BCUT2D eigenvalue weighted by molar-refractivity contribution is 0.0827. The molecule has 0 saturated carbocycles. The molecule has 0 spiro atoms. The number of hydrogen-bond acceptors (Lipinski definition) is 4. The third-order valence-corrected chi connectivity index (χ3v) is 6.75. The van der Waals surface area contributed by atoms with Gasteiger partial charge in [0.05, 0.1) is 10.6 Å². The third kappa shape index (κ3) is 5.15. The fraction of sp³-hybridized carbons (Fsp3) is 0.167. The van der Waals surface area contributed by atoms with Gasteiger partial charge in [-0.1, -0.05) is 30.3 Å². The smallest absolute Gasteiger partial charge is 0.264 e. The second-order valence-electron chi connectivity index (χ2n) is 7.41. The van der Waals surface area contributed by atoms with Crippen molar-refractivity contribution in [2.24, 2.45) is 0 Å². The van der Waals surface area contributed by atoms with Crippen molar-refractivity contribution < 1.29 is 18.0 Å². The number of amides is 2. The topological polar surface area (TPSA) is 86.8 Å². The molecule has 8 heteroatoms. The number of para-hydroxylation sites is 1. The van der Waals surface area contributed by atoms with Crippen molar-refractivity contribution >= 4 is 27.5 Å². The van der Waals surface area contributed by atoms with Crippen molar-refractivity contribution in [3.05, 3.63) is 95.6 Å². The van der Waals surface area contributed by atoms with Gasteiger partial charge in [0.1, 0.15) is 0 Å². The van der Waals surface area contributed by atoms with E-state index >= 15 is 0 Å². The van der Waals surface area contributed by atoms with Crippen LogP contribution in [0.25, 0.3) is 0 Å². The lowest BCUT2D eigenvalue weighted by atomic mass is 10.1. The summed E-state index contributed by atoms with van der Waals surface area (Å²) in [6, 6.07) is 21.6. The van der Waals surface area contributed by atoms with Gasteiger partial charge >= 0.3 is 0 Å². The molecule has 0 aliphatic carbocycles. The lowest BCUT2D eigenvalue weighted by Gasteiger charge is -2.19. The molecule has 0 fully saturated rings. The van der Waals surface area contributed by atoms with Crippen LogP contribution in [0, 0.1) is 0 Å². The van der Waals surface area contributed by atoms with E-state index in [1.54, 1.807) is 62.6 Å². The van der Waals surface area contributed by atoms with Crippen LogP contribution < -0.4 is 9.62 Å². The molecule has 0 radical (unpaired) electrons. The number of nitrogens with one attached hydrogen (secondary N) is 1. The van der Waals surface area contributed by atoms with E-state index < -0.39 is 10.0 Å². The summed E-state index contributed by atoms with van der Waals surface area (Å²) >= 11 is 0. The Labute approximate surface area is 188 Å². The van der Waals surface area contributed by atoms with Gasteiger partial charge in [0.2, 0.25) is 0 Å². The molecule has 2 amide bonds. The quantitative estimate of drug-likeness (QED) is 0.598. The van der Waals surface area contributed by atoms with Crippen LogP contribution in [-0.4, -0.2) is 46.3 Å². The Hall–Kier alpha value is -3.65. The van der Waals surface area contributed by atoms with Crippen LogP contribution >= 0.6 is 0 Å². The largest absolute Gasteiger partial charge is 0.348 e. The van der Waals surface area contributed by atoms with E-state index in [0.29, 0.717) is 16.8 Å². The summed E-state index contributed by atoms with van der Waals surface area (Å²) in [4.78, 5) is 26.0. The van der Waals surface area contributed by atoms with E-state index in [0.717, 1.165) is 5.56 Å². The van der Waals surface area contributed by atoms with Gasteiger partial charge in [0, 0.05) is 38.8 Å². The standard InChI is InChI=1S/C24H25N3O4S/c1-26(2)24(29)20-11-9-18(10-12-20)17-25-23(28)19-13-15-22(16-14-19)32(30,31)27(3)21-7-5-4-6-8-21/h4-16H,17H2,1-3H3,(H,25,28). The lowest BCUT2D eigenvalue weighted by Crippen LogP contribution is -2.27. The molecule has 3 rings (SSSR count). The summed E-state index contributed by atoms with van der Waals surface area (Å²) < 4.78 is 26.9. The number of benzene rings is 3. The van der Waals surface area contributed by atoms with Crippen molar-refractivity contribution in [2.75, 3.05) is 25.4 Å². The van der Waals surface area contributed by atoms with Crippen LogP contribution in [0.1, 0.15) is 26.3 Å². The summed E-state index contributed by atoms with van der Waals surface area (Å²) in [5, 5.41) is 2.80. The molecule has 0 aromatic heterocycles. The third-order valence-electron chi connectivity index (χ3n) is 4.95. The normalized spacial score (nSPS) is 11.0. The van der Waals surface area contributed by atoms with Crippen molar-refractivity contribution in [3.63, 3.8) is 0 Å². The zero-order valence-corrected chi connectivity index (χ0v) is 19.0. The number of rotatable bonds is 7. The number of sulfonamides is 1. The minimum absolute atomic E-state index is 0.0893. The Morgan fingerprint density at radius 1 is 0.781 bits per heavy atom. The number of anilines is 1. The number of nitrogens with zero attached hydrogens (tertiary/aromatic N) is 2. The van der Waals surface area contributed by atoms with Gasteiger partial charge in [-0.15, -0.1) is 0 Å². The molecule has 0 unspecified atom stereocenters. The molecule has 0 aliphatic heterocycles. The summed E-state index contributed by atoms with van der Waals surface area (Å²) in [7, 11) is 1.13. The molecule has 166 valence electrons. The van der Waals surface area contributed by atoms with Crippen molar-refractivity contribution in [3.8, 4) is 0 Å². The van der Waals surface area contributed by atoms with E-state index in [1.165, 1.54) is 40.5 Å². The predicted molar refractivity (Wildman–Crippen MR) is 124 cm³/mol. The van der Waals surface area contributed by atoms with E-state index in [2.05, 4.69) is 5.32 Å². The summed E-state index contributed by atoms with van der Waals surface area (Å²) in [6.07, 6.45) is 0. The summed E-state index contributed by atoms with van der Waals surface area (Å²) in [5.41, 5.74) is 2.32. The highest BCUT2D eigenvalue weighted by Gasteiger charge is 2.21. The zero-order chi connectivity index (χ0) is 23.3. The van der Waals surface area contributed by atoms with Crippen molar-refractivity contribution in [1.29, 1.82) is 0 Å². The highest BCUT2D eigenvalue weighted by Crippen LogP contribution is 2.22. The minimum atomic E-state index is -3.74. The van der Waals surface area contributed by atoms with Crippen LogP contribution in [0.4, 0.5) is 5.69 Å².